The second-order valence-electron chi connectivity index (χ2n) is 6.21. The number of carbonyl (C=O) groups is 1. The van der Waals surface area contributed by atoms with E-state index in [1.54, 1.807) is 0 Å². The van der Waals surface area contributed by atoms with Crippen LogP contribution in [0, 0.1) is 5.41 Å². The third kappa shape index (κ3) is 5.43. The SMILES string of the molecule is CC(CCC(=O)O)NC(c1ccccc1)C(C)(C)C. The number of rotatable bonds is 6. The van der Waals surface area contributed by atoms with Crippen LogP contribution in [0.15, 0.2) is 30.3 Å². The van der Waals surface area contributed by atoms with Gasteiger partial charge in [0.25, 0.3) is 0 Å². The van der Waals surface area contributed by atoms with Gasteiger partial charge in [-0.3, -0.25) is 4.79 Å². The smallest absolute Gasteiger partial charge is 0.303 e. The number of aliphatic carboxylic acids is 1. The molecule has 0 fully saturated rings. The first-order valence-electron chi connectivity index (χ1n) is 6.83. The molecule has 1 aromatic carbocycles. The third-order valence-electron chi connectivity index (χ3n) is 3.24. The van der Waals surface area contributed by atoms with E-state index in [-0.39, 0.29) is 23.9 Å². The van der Waals surface area contributed by atoms with Crippen molar-refractivity contribution < 1.29 is 9.90 Å². The molecule has 0 spiro atoms. The number of hydrogen-bond acceptors (Lipinski definition) is 2. The lowest BCUT2D eigenvalue weighted by Crippen LogP contribution is -2.38. The Kier molecular flexibility index (Phi) is 5.55. The number of carboxylic acids is 1. The zero-order valence-corrected chi connectivity index (χ0v) is 12.3. The van der Waals surface area contributed by atoms with Gasteiger partial charge in [-0.25, -0.2) is 0 Å². The average molecular weight is 263 g/mol. The van der Waals surface area contributed by atoms with Crippen LogP contribution in [0.5, 0.6) is 0 Å². The van der Waals surface area contributed by atoms with Crippen molar-refractivity contribution in [2.24, 2.45) is 5.41 Å². The maximum absolute atomic E-state index is 10.6. The molecule has 0 radical (unpaired) electrons. The van der Waals surface area contributed by atoms with E-state index in [2.05, 4.69) is 38.2 Å². The minimum absolute atomic E-state index is 0.0822. The molecule has 106 valence electrons. The Bertz CT molecular complexity index is 395. The number of carboxylic acid groups (broad SMARTS) is 1. The molecule has 1 rings (SSSR count). The molecular weight excluding hydrogens is 238 g/mol. The maximum atomic E-state index is 10.6. The Morgan fingerprint density at radius 3 is 2.32 bits per heavy atom. The van der Waals surface area contributed by atoms with Crippen molar-refractivity contribution in [2.75, 3.05) is 0 Å². The molecule has 0 bridgehead atoms. The molecule has 0 aliphatic heterocycles. The van der Waals surface area contributed by atoms with Crippen LogP contribution in [0.2, 0.25) is 0 Å². The maximum Gasteiger partial charge on any atom is 0.303 e. The highest BCUT2D eigenvalue weighted by atomic mass is 16.4. The summed E-state index contributed by atoms with van der Waals surface area (Å²) >= 11 is 0. The quantitative estimate of drug-likeness (QED) is 0.824. The minimum atomic E-state index is -0.735. The lowest BCUT2D eigenvalue weighted by molar-refractivity contribution is -0.137. The van der Waals surface area contributed by atoms with Gasteiger partial charge in [0.05, 0.1) is 0 Å². The predicted molar refractivity (Wildman–Crippen MR) is 78.1 cm³/mol. The first-order valence-corrected chi connectivity index (χ1v) is 6.83. The van der Waals surface area contributed by atoms with Crippen LogP contribution in [0.4, 0.5) is 0 Å². The second kappa shape index (κ2) is 6.71. The van der Waals surface area contributed by atoms with Crippen LogP contribution in [0.1, 0.15) is 52.1 Å². The molecule has 0 aliphatic carbocycles. The fourth-order valence-electron chi connectivity index (χ4n) is 2.20. The molecule has 3 heteroatoms. The van der Waals surface area contributed by atoms with Crippen molar-refractivity contribution in [3.8, 4) is 0 Å². The van der Waals surface area contributed by atoms with Gasteiger partial charge in [0, 0.05) is 18.5 Å². The standard InChI is InChI=1S/C16H25NO2/c1-12(10-11-14(18)19)17-15(16(2,3)4)13-8-6-5-7-9-13/h5-9,12,15,17H,10-11H2,1-4H3,(H,18,19). The van der Waals surface area contributed by atoms with Crippen LogP contribution < -0.4 is 5.32 Å². The Labute approximate surface area is 116 Å². The van der Waals surface area contributed by atoms with Gasteiger partial charge in [-0.05, 0) is 24.3 Å². The second-order valence-corrected chi connectivity index (χ2v) is 6.21. The summed E-state index contributed by atoms with van der Waals surface area (Å²) < 4.78 is 0. The van der Waals surface area contributed by atoms with Crippen molar-refractivity contribution in [1.29, 1.82) is 0 Å². The molecular formula is C16H25NO2. The Morgan fingerprint density at radius 2 is 1.84 bits per heavy atom. The van der Waals surface area contributed by atoms with Crippen molar-refractivity contribution in [1.82, 2.24) is 5.32 Å². The zero-order valence-electron chi connectivity index (χ0n) is 12.3. The van der Waals surface area contributed by atoms with Crippen LogP contribution in [-0.2, 0) is 4.79 Å². The highest BCUT2D eigenvalue weighted by Crippen LogP contribution is 2.33. The van der Waals surface area contributed by atoms with E-state index < -0.39 is 5.97 Å². The number of nitrogens with one attached hydrogen (secondary N) is 1. The lowest BCUT2D eigenvalue weighted by atomic mass is 9.82. The zero-order chi connectivity index (χ0) is 14.5. The molecule has 0 aliphatic rings. The van der Waals surface area contributed by atoms with E-state index in [1.165, 1.54) is 5.56 Å². The fraction of sp³-hybridized carbons (Fsp3) is 0.562. The Morgan fingerprint density at radius 1 is 1.26 bits per heavy atom. The van der Waals surface area contributed by atoms with E-state index in [0.717, 1.165) is 0 Å². The molecule has 2 unspecified atom stereocenters. The van der Waals surface area contributed by atoms with Crippen LogP contribution in [-0.4, -0.2) is 17.1 Å². The van der Waals surface area contributed by atoms with E-state index in [1.807, 2.05) is 25.1 Å². The van der Waals surface area contributed by atoms with Crippen molar-refractivity contribution >= 4 is 5.97 Å². The molecule has 0 saturated carbocycles. The summed E-state index contributed by atoms with van der Waals surface area (Å²) in [5.74, 6) is -0.735. The highest BCUT2D eigenvalue weighted by Gasteiger charge is 2.27. The van der Waals surface area contributed by atoms with Gasteiger partial charge in [-0.15, -0.1) is 0 Å². The van der Waals surface area contributed by atoms with E-state index in [0.29, 0.717) is 6.42 Å². The van der Waals surface area contributed by atoms with E-state index in [9.17, 15) is 4.79 Å². The molecule has 0 saturated heterocycles. The van der Waals surface area contributed by atoms with Gasteiger partial charge in [-0.2, -0.15) is 0 Å². The monoisotopic (exact) mass is 263 g/mol. The third-order valence-corrected chi connectivity index (χ3v) is 3.24. The molecule has 2 atom stereocenters. The number of hydrogen-bond donors (Lipinski definition) is 2. The Hall–Kier alpha value is -1.35. The van der Waals surface area contributed by atoms with Crippen LogP contribution in [0.25, 0.3) is 0 Å². The largest absolute Gasteiger partial charge is 0.481 e. The highest BCUT2D eigenvalue weighted by molar-refractivity contribution is 5.66. The molecule has 19 heavy (non-hydrogen) atoms. The molecule has 3 nitrogen and oxygen atoms in total. The van der Waals surface area contributed by atoms with Gasteiger partial charge in [-0.1, -0.05) is 51.1 Å². The Balaban J connectivity index is 2.74. The summed E-state index contributed by atoms with van der Waals surface area (Å²) in [5, 5.41) is 12.3. The summed E-state index contributed by atoms with van der Waals surface area (Å²) in [4.78, 5) is 10.6. The predicted octanol–water partition coefficient (Wildman–Crippen LogP) is 3.62. The van der Waals surface area contributed by atoms with Crippen LogP contribution in [0.3, 0.4) is 0 Å². The summed E-state index contributed by atoms with van der Waals surface area (Å²) in [6, 6.07) is 10.7. The van der Waals surface area contributed by atoms with Gasteiger partial charge < -0.3 is 10.4 Å². The summed E-state index contributed by atoms with van der Waals surface area (Å²) in [5.41, 5.74) is 1.33. The number of benzene rings is 1. The van der Waals surface area contributed by atoms with Gasteiger partial charge in [0.15, 0.2) is 0 Å². The van der Waals surface area contributed by atoms with Crippen LogP contribution >= 0.6 is 0 Å². The van der Waals surface area contributed by atoms with E-state index >= 15 is 0 Å². The van der Waals surface area contributed by atoms with Crippen molar-refractivity contribution in [3.05, 3.63) is 35.9 Å². The molecule has 0 heterocycles. The first-order chi connectivity index (χ1) is 8.80. The molecule has 0 amide bonds. The van der Waals surface area contributed by atoms with Gasteiger partial charge in [0.2, 0.25) is 0 Å². The van der Waals surface area contributed by atoms with Crippen molar-refractivity contribution in [2.45, 2.75) is 52.6 Å². The summed E-state index contributed by atoms with van der Waals surface area (Å²) in [6.45, 7) is 8.63. The molecule has 2 N–H and O–H groups in total. The fourth-order valence-corrected chi connectivity index (χ4v) is 2.20. The summed E-state index contributed by atoms with van der Waals surface area (Å²) in [7, 11) is 0. The van der Waals surface area contributed by atoms with E-state index in [4.69, 9.17) is 5.11 Å². The normalized spacial score (nSPS) is 14.9. The minimum Gasteiger partial charge on any atom is -0.481 e. The molecule has 1 aromatic rings. The van der Waals surface area contributed by atoms with Gasteiger partial charge >= 0.3 is 5.97 Å². The molecule has 0 aromatic heterocycles. The van der Waals surface area contributed by atoms with Gasteiger partial charge in [0.1, 0.15) is 0 Å². The topological polar surface area (TPSA) is 49.3 Å². The van der Waals surface area contributed by atoms with Crippen molar-refractivity contribution in [3.63, 3.8) is 0 Å². The first kappa shape index (κ1) is 15.7. The summed E-state index contributed by atoms with van der Waals surface area (Å²) in [6.07, 6.45) is 0.856. The lowest BCUT2D eigenvalue weighted by Gasteiger charge is -2.34. The average Bonchev–Trinajstić information content (AvgIpc) is 2.33.